The number of hydrogen-bond donors (Lipinski definition) is 1. The molecule has 4 nitrogen and oxygen atoms in total. The highest BCUT2D eigenvalue weighted by Crippen LogP contribution is 2.23. The normalized spacial score (nSPS) is 20.7. The first-order chi connectivity index (χ1) is 7.18. The lowest BCUT2D eigenvalue weighted by molar-refractivity contribution is 0.212. The zero-order valence-electron chi connectivity index (χ0n) is 8.76. The minimum Gasteiger partial charge on any atom is -0.350 e. The van der Waals surface area contributed by atoms with Crippen LogP contribution in [0.15, 0.2) is 30.3 Å². The molecule has 2 amide bonds. The van der Waals surface area contributed by atoms with E-state index in [2.05, 4.69) is 6.92 Å². The van der Waals surface area contributed by atoms with Crippen LogP contribution in [-0.2, 0) is 0 Å². The highest BCUT2D eigenvalue weighted by Gasteiger charge is 2.29. The Bertz CT molecular complexity index is 352. The summed E-state index contributed by atoms with van der Waals surface area (Å²) < 4.78 is 0. The SMILES string of the molecule is C[C@@H]1CN(C(N)=O)N(c2ccccc2)C1. The molecule has 0 aliphatic carbocycles. The van der Waals surface area contributed by atoms with Gasteiger partial charge in [0.2, 0.25) is 0 Å². The summed E-state index contributed by atoms with van der Waals surface area (Å²) in [6.45, 7) is 3.65. The van der Waals surface area contributed by atoms with Gasteiger partial charge in [0.25, 0.3) is 0 Å². The average Bonchev–Trinajstić information content (AvgIpc) is 2.62. The molecule has 0 aromatic heterocycles. The molecule has 80 valence electrons. The summed E-state index contributed by atoms with van der Waals surface area (Å²) in [5.41, 5.74) is 6.35. The third kappa shape index (κ3) is 1.88. The van der Waals surface area contributed by atoms with Crippen molar-refractivity contribution in [3.63, 3.8) is 0 Å². The second kappa shape index (κ2) is 3.81. The van der Waals surface area contributed by atoms with Gasteiger partial charge in [0, 0.05) is 13.1 Å². The van der Waals surface area contributed by atoms with Crippen LogP contribution in [0.2, 0.25) is 0 Å². The van der Waals surface area contributed by atoms with E-state index >= 15 is 0 Å². The van der Waals surface area contributed by atoms with E-state index in [1.165, 1.54) is 0 Å². The van der Waals surface area contributed by atoms with E-state index in [0.29, 0.717) is 12.5 Å². The standard InChI is InChI=1S/C11H15N3O/c1-9-7-13(14(8-9)11(12)15)10-5-3-2-4-6-10/h2-6,9H,7-8H2,1H3,(H2,12,15)/t9-/m0/s1. The zero-order valence-corrected chi connectivity index (χ0v) is 8.76. The summed E-state index contributed by atoms with van der Waals surface area (Å²) in [5, 5.41) is 3.53. The number of carbonyl (C=O) groups excluding carboxylic acids is 1. The molecule has 4 heteroatoms. The first kappa shape index (κ1) is 9.83. The number of urea groups is 1. The molecule has 15 heavy (non-hydrogen) atoms. The van der Waals surface area contributed by atoms with Gasteiger partial charge < -0.3 is 5.73 Å². The number of para-hydroxylation sites is 1. The molecule has 1 fully saturated rings. The molecule has 2 N–H and O–H groups in total. The molecule has 2 rings (SSSR count). The lowest BCUT2D eigenvalue weighted by Crippen LogP contribution is -2.44. The fraction of sp³-hybridized carbons (Fsp3) is 0.364. The van der Waals surface area contributed by atoms with Crippen LogP contribution < -0.4 is 10.7 Å². The van der Waals surface area contributed by atoms with Crippen molar-refractivity contribution in [2.75, 3.05) is 18.1 Å². The number of nitrogens with two attached hydrogens (primary N) is 1. The molecule has 1 aliphatic heterocycles. The minimum absolute atomic E-state index is 0.386. The minimum atomic E-state index is -0.386. The van der Waals surface area contributed by atoms with Crippen LogP contribution >= 0.6 is 0 Å². The van der Waals surface area contributed by atoms with Gasteiger partial charge in [-0.1, -0.05) is 25.1 Å². The number of benzene rings is 1. The monoisotopic (exact) mass is 205 g/mol. The Labute approximate surface area is 89.2 Å². The lowest BCUT2D eigenvalue weighted by atomic mass is 10.2. The fourth-order valence-corrected chi connectivity index (χ4v) is 1.90. The molecule has 0 bridgehead atoms. The third-order valence-electron chi connectivity index (χ3n) is 2.57. The van der Waals surface area contributed by atoms with Crippen LogP contribution in [0, 0.1) is 5.92 Å². The van der Waals surface area contributed by atoms with Crippen molar-refractivity contribution >= 4 is 11.7 Å². The molecular weight excluding hydrogens is 190 g/mol. The summed E-state index contributed by atoms with van der Waals surface area (Å²) in [5.74, 6) is 0.456. The van der Waals surface area contributed by atoms with E-state index in [1.54, 1.807) is 5.01 Å². The van der Waals surface area contributed by atoms with Crippen molar-refractivity contribution in [3.8, 4) is 0 Å². The van der Waals surface area contributed by atoms with Crippen molar-refractivity contribution in [2.24, 2.45) is 11.7 Å². The maximum absolute atomic E-state index is 11.2. The maximum atomic E-state index is 11.2. The Hall–Kier alpha value is -1.71. The first-order valence-electron chi connectivity index (χ1n) is 5.08. The lowest BCUT2D eigenvalue weighted by Gasteiger charge is -2.27. The van der Waals surface area contributed by atoms with E-state index in [4.69, 9.17) is 5.73 Å². The number of hydrogen-bond acceptors (Lipinski definition) is 2. The van der Waals surface area contributed by atoms with E-state index in [9.17, 15) is 4.79 Å². The molecular formula is C11H15N3O. The molecule has 1 aromatic rings. The number of rotatable bonds is 1. The molecule has 0 saturated carbocycles. The van der Waals surface area contributed by atoms with E-state index in [1.807, 2.05) is 35.3 Å². The smallest absolute Gasteiger partial charge is 0.333 e. The van der Waals surface area contributed by atoms with Crippen molar-refractivity contribution in [1.29, 1.82) is 0 Å². The topological polar surface area (TPSA) is 49.6 Å². The second-order valence-corrected chi connectivity index (χ2v) is 3.94. The summed E-state index contributed by atoms with van der Waals surface area (Å²) in [4.78, 5) is 11.2. The van der Waals surface area contributed by atoms with Gasteiger partial charge in [0.1, 0.15) is 0 Å². The van der Waals surface area contributed by atoms with Crippen molar-refractivity contribution < 1.29 is 4.79 Å². The summed E-state index contributed by atoms with van der Waals surface area (Å²) in [7, 11) is 0. The predicted octanol–water partition coefficient (Wildman–Crippen LogP) is 1.44. The van der Waals surface area contributed by atoms with Crippen LogP contribution in [0.3, 0.4) is 0 Å². The molecule has 1 aliphatic rings. The van der Waals surface area contributed by atoms with E-state index < -0.39 is 0 Å². The number of carbonyl (C=O) groups is 1. The van der Waals surface area contributed by atoms with Crippen LogP contribution in [0.5, 0.6) is 0 Å². The van der Waals surface area contributed by atoms with E-state index in [0.717, 1.165) is 12.2 Å². The largest absolute Gasteiger partial charge is 0.350 e. The zero-order chi connectivity index (χ0) is 10.8. The number of amides is 2. The number of nitrogens with zero attached hydrogens (tertiary/aromatic N) is 2. The van der Waals surface area contributed by atoms with Gasteiger partial charge in [-0.15, -0.1) is 0 Å². The summed E-state index contributed by atoms with van der Waals surface area (Å²) in [6, 6.07) is 9.44. The summed E-state index contributed by atoms with van der Waals surface area (Å²) in [6.07, 6.45) is 0. The van der Waals surface area contributed by atoms with Gasteiger partial charge in [0.05, 0.1) is 5.69 Å². The average molecular weight is 205 g/mol. The molecule has 1 atom stereocenters. The molecule has 1 saturated heterocycles. The molecule has 1 heterocycles. The Morgan fingerprint density at radius 3 is 2.60 bits per heavy atom. The maximum Gasteiger partial charge on any atom is 0.333 e. The Balaban J connectivity index is 2.24. The first-order valence-corrected chi connectivity index (χ1v) is 5.08. The highest BCUT2D eigenvalue weighted by atomic mass is 16.2. The van der Waals surface area contributed by atoms with Crippen molar-refractivity contribution in [2.45, 2.75) is 6.92 Å². The second-order valence-electron chi connectivity index (χ2n) is 3.94. The fourth-order valence-electron chi connectivity index (χ4n) is 1.90. The predicted molar refractivity (Wildman–Crippen MR) is 59.2 cm³/mol. The van der Waals surface area contributed by atoms with Gasteiger partial charge in [-0.2, -0.15) is 0 Å². The molecule has 1 aromatic carbocycles. The molecule has 0 radical (unpaired) electrons. The third-order valence-corrected chi connectivity index (χ3v) is 2.57. The van der Waals surface area contributed by atoms with E-state index in [-0.39, 0.29) is 6.03 Å². The van der Waals surface area contributed by atoms with Gasteiger partial charge in [-0.25, -0.2) is 9.80 Å². The van der Waals surface area contributed by atoms with Crippen molar-refractivity contribution in [1.82, 2.24) is 5.01 Å². The molecule has 0 spiro atoms. The number of anilines is 1. The quantitative estimate of drug-likeness (QED) is 0.754. The molecule has 0 unspecified atom stereocenters. The van der Waals surface area contributed by atoms with Crippen LogP contribution in [0.4, 0.5) is 10.5 Å². The summed E-state index contributed by atoms with van der Waals surface area (Å²) >= 11 is 0. The Kier molecular flexibility index (Phi) is 2.49. The van der Waals surface area contributed by atoms with Gasteiger partial charge in [-0.3, -0.25) is 5.01 Å². The number of primary amides is 1. The van der Waals surface area contributed by atoms with Crippen molar-refractivity contribution in [3.05, 3.63) is 30.3 Å². The Morgan fingerprint density at radius 1 is 1.33 bits per heavy atom. The number of hydrazine groups is 1. The van der Waals surface area contributed by atoms with Gasteiger partial charge in [0.15, 0.2) is 0 Å². The van der Waals surface area contributed by atoms with Crippen LogP contribution in [-0.4, -0.2) is 24.1 Å². The van der Waals surface area contributed by atoms with Gasteiger partial charge >= 0.3 is 6.03 Å². The highest BCUT2D eigenvalue weighted by molar-refractivity contribution is 5.75. The van der Waals surface area contributed by atoms with Crippen LogP contribution in [0.25, 0.3) is 0 Å². The van der Waals surface area contributed by atoms with Gasteiger partial charge in [-0.05, 0) is 18.1 Å². The van der Waals surface area contributed by atoms with Crippen LogP contribution in [0.1, 0.15) is 6.92 Å². The Morgan fingerprint density at radius 2 is 2.00 bits per heavy atom.